The Morgan fingerprint density at radius 2 is 1.80 bits per heavy atom. The van der Waals surface area contributed by atoms with Crippen LogP contribution in [0.2, 0.25) is 0 Å². The highest BCUT2D eigenvalue weighted by Crippen LogP contribution is 2.41. The third kappa shape index (κ3) is 3.14. The van der Waals surface area contributed by atoms with Crippen molar-refractivity contribution in [2.75, 3.05) is 12.3 Å². The standard InChI is InChI=1S/C16H19N3O/c17-16-18-8-15(9-19-16)14-6-13(7-14)11-20-10-12-4-2-1-3-5-12/h1-5,8-9,13-14H,6-7,10-11H2,(H2,17,18,19). The van der Waals surface area contributed by atoms with Crippen LogP contribution in [0.25, 0.3) is 0 Å². The first-order valence-electron chi connectivity index (χ1n) is 7.00. The second-order valence-electron chi connectivity index (χ2n) is 5.41. The summed E-state index contributed by atoms with van der Waals surface area (Å²) in [5.74, 6) is 1.57. The van der Waals surface area contributed by atoms with Gasteiger partial charge in [-0.1, -0.05) is 30.3 Å². The fourth-order valence-corrected chi connectivity index (χ4v) is 2.62. The van der Waals surface area contributed by atoms with Gasteiger partial charge in [0.1, 0.15) is 0 Å². The molecular formula is C16H19N3O. The van der Waals surface area contributed by atoms with Gasteiger partial charge in [0.2, 0.25) is 5.95 Å². The van der Waals surface area contributed by atoms with E-state index in [1.54, 1.807) is 0 Å². The van der Waals surface area contributed by atoms with E-state index in [1.807, 2.05) is 30.6 Å². The van der Waals surface area contributed by atoms with Crippen molar-refractivity contribution in [3.63, 3.8) is 0 Å². The van der Waals surface area contributed by atoms with Gasteiger partial charge in [-0.25, -0.2) is 9.97 Å². The molecule has 1 aromatic heterocycles. The van der Waals surface area contributed by atoms with Crippen LogP contribution in [0.15, 0.2) is 42.7 Å². The number of anilines is 1. The van der Waals surface area contributed by atoms with Crippen LogP contribution < -0.4 is 5.73 Å². The average molecular weight is 269 g/mol. The number of aromatic nitrogens is 2. The summed E-state index contributed by atoms with van der Waals surface area (Å²) in [6.45, 7) is 1.54. The lowest BCUT2D eigenvalue weighted by molar-refractivity contribution is 0.0507. The van der Waals surface area contributed by atoms with E-state index in [9.17, 15) is 0 Å². The van der Waals surface area contributed by atoms with Crippen LogP contribution in [0.5, 0.6) is 0 Å². The van der Waals surface area contributed by atoms with E-state index in [-0.39, 0.29) is 0 Å². The first-order valence-corrected chi connectivity index (χ1v) is 7.00. The molecular weight excluding hydrogens is 250 g/mol. The van der Waals surface area contributed by atoms with Crippen LogP contribution in [0, 0.1) is 5.92 Å². The van der Waals surface area contributed by atoms with Crippen molar-refractivity contribution in [2.45, 2.75) is 25.4 Å². The molecule has 104 valence electrons. The Kier molecular flexibility index (Phi) is 3.92. The molecule has 0 atom stereocenters. The normalized spacial score (nSPS) is 21.4. The van der Waals surface area contributed by atoms with E-state index in [1.165, 1.54) is 11.1 Å². The molecule has 1 heterocycles. The summed E-state index contributed by atoms with van der Waals surface area (Å²) < 4.78 is 5.78. The molecule has 1 fully saturated rings. The Bertz CT molecular complexity index is 535. The maximum Gasteiger partial charge on any atom is 0.219 e. The van der Waals surface area contributed by atoms with E-state index in [0.29, 0.717) is 24.4 Å². The number of hydrogen-bond donors (Lipinski definition) is 1. The van der Waals surface area contributed by atoms with Gasteiger partial charge in [-0.15, -0.1) is 0 Å². The molecule has 0 saturated heterocycles. The maximum absolute atomic E-state index is 5.78. The second-order valence-corrected chi connectivity index (χ2v) is 5.41. The Morgan fingerprint density at radius 1 is 1.10 bits per heavy atom. The summed E-state index contributed by atoms with van der Waals surface area (Å²) in [6.07, 6.45) is 5.99. The molecule has 0 bridgehead atoms. The molecule has 0 unspecified atom stereocenters. The van der Waals surface area contributed by atoms with Gasteiger partial charge < -0.3 is 10.5 Å². The molecule has 1 saturated carbocycles. The lowest BCUT2D eigenvalue weighted by Gasteiger charge is -2.35. The molecule has 4 nitrogen and oxygen atoms in total. The average Bonchev–Trinajstić information content (AvgIpc) is 2.44. The number of rotatable bonds is 5. The van der Waals surface area contributed by atoms with Gasteiger partial charge in [-0.05, 0) is 35.8 Å². The smallest absolute Gasteiger partial charge is 0.219 e. The molecule has 2 N–H and O–H groups in total. The van der Waals surface area contributed by atoms with Gasteiger partial charge in [0.15, 0.2) is 0 Å². The second kappa shape index (κ2) is 6.01. The van der Waals surface area contributed by atoms with Crippen molar-refractivity contribution in [1.82, 2.24) is 9.97 Å². The monoisotopic (exact) mass is 269 g/mol. The molecule has 0 spiro atoms. The summed E-state index contributed by atoms with van der Waals surface area (Å²) in [4.78, 5) is 8.09. The molecule has 0 amide bonds. The van der Waals surface area contributed by atoms with Crippen molar-refractivity contribution >= 4 is 5.95 Å². The molecule has 1 aliphatic carbocycles. The number of hydrogen-bond acceptors (Lipinski definition) is 4. The van der Waals surface area contributed by atoms with Crippen LogP contribution in [-0.2, 0) is 11.3 Å². The van der Waals surface area contributed by atoms with Gasteiger partial charge in [0.05, 0.1) is 6.61 Å². The van der Waals surface area contributed by atoms with E-state index in [0.717, 1.165) is 19.4 Å². The lowest BCUT2D eigenvalue weighted by Crippen LogP contribution is -2.26. The number of benzene rings is 1. The maximum atomic E-state index is 5.78. The zero-order chi connectivity index (χ0) is 13.8. The van der Waals surface area contributed by atoms with Gasteiger partial charge in [0.25, 0.3) is 0 Å². The van der Waals surface area contributed by atoms with Gasteiger partial charge in [0, 0.05) is 19.0 Å². The third-order valence-corrected chi connectivity index (χ3v) is 3.86. The van der Waals surface area contributed by atoms with Crippen LogP contribution >= 0.6 is 0 Å². The highest BCUT2D eigenvalue weighted by atomic mass is 16.5. The van der Waals surface area contributed by atoms with E-state index in [2.05, 4.69) is 22.1 Å². The summed E-state index contributed by atoms with van der Waals surface area (Å²) in [6, 6.07) is 10.3. The lowest BCUT2D eigenvalue weighted by atomic mass is 9.72. The van der Waals surface area contributed by atoms with Crippen molar-refractivity contribution in [3.05, 3.63) is 53.9 Å². The molecule has 20 heavy (non-hydrogen) atoms. The van der Waals surface area contributed by atoms with Gasteiger partial charge in [-0.2, -0.15) is 0 Å². The Balaban J connectivity index is 1.39. The molecule has 0 radical (unpaired) electrons. The SMILES string of the molecule is Nc1ncc(C2CC(COCc3ccccc3)C2)cn1. The van der Waals surface area contributed by atoms with Crippen molar-refractivity contribution in [1.29, 1.82) is 0 Å². The third-order valence-electron chi connectivity index (χ3n) is 3.86. The molecule has 3 rings (SSSR count). The highest BCUT2D eigenvalue weighted by Gasteiger charge is 2.30. The van der Waals surface area contributed by atoms with E-state index in [4.69, 9.17) is 10.5 Å². The van der Waals surface area contributed by atoms with Crippen LogP contribution in [-0.4, -0.2) is 16.6 Å². The number of ether oxygens (including phenoxy) is 1. The summed E-state index contributed by atoms with van der Waals surface area (Å²) in [5, 5.41) is 0. The zero-order valence-corrected chi connectivity index (χ0v) is 11.4. The zero-order valence-electron chi connectivity index (χ0n) is 11.4. The van der Waals surface area contributed by atoms with Crippen LogP contribution in [0.3, 0.4) is 0 Å². The van der Waals surface area contributed by atoms with Crippen LogP contribution in [0.4, 0.5) is 5.95 Å². The van der Waals surface area contributed by atoms with E-state index < -0.39 is 0 Å². The Morgan fingerprint density at radius 3 is 2.50 bits per heavy atom. The fourth-order valence-electron chi connectivity index (χ4n) is 2.62. The molecule has 0 aliphatic heterocycles. The minimum absolute atomic E-state index is 0.343. The number of nitrogens with two attached hydrogens (primary N) is 1. The highest BCUT2D eigenvalue weighted by molar-refractivity contribution is 5.21. The molecule has 1 aliphatic rings. The minimum atomic E-state index is 0.343. The predicted octanol–water partition coefficient (Wildman–Crippen LogP) is 2.77. The van der Waals surface area contributed by atoms with E-state index >= 15 is 0 Å². The van der Waals surface area contributed by atoms with Crippen molar-refractivity contribution in [2.24, 2.45) is 5.92 Å². The molecule has 1 aromatic carbocycles. The minimum Gasteiger partial charge on any atom is -0.376 e. The Hall–Kier alpha value is -1.94. The summed E-state index contributed by atoms with van der Waals surface area (Å²) in [5.41, 5.74) is 7.92. The van der Waals surface area contributed by atoms with Gasteiger partial charge in [-0.3, -0.25) is 0 Å². The first kappa shape index (κ1) is 13.1. The predicted molar refractivity (Wildman–Crippen MR) is 78.0 cm³/mol. The van der Waals surface area contributed by atoms with Gasteiger partial charge >= 0.3 is 0 Å². The number of nitrogen functional groups attached to an aromatic ring is 1. The quantitative estimate of drug-likeness (QED) is 0.906. The van der Waals surface area contributed by atoms with Crippen molar-refractivity contribution < 1.29 is 4.74 Å². The number of nitrogens with zero attached hydrogens (tertiary/aromatic N) is 2. The Labute approximate surface area is 119 Å². The fraction of sp³-hybridized carbons (Fsp3) is 0.375. The summed E-state index contributed by atoms with van der Waals surface area (Å²) in [7, 11) is 0. The topological polar surface area (TPSA) is 61.0 Å². The largest absolute Gasteiger partial charge is 0.376 e. The first-order chi connectivity index (χ1) is 9.81. The van der Waals surface area contributed by atoms with Crippen LogP contribution in [0.1, 0.15) is 29.9 Å². The van der Waals surface area contributed by atoms with Crippen molar-refractivity contribution in [3.8, 4) is 0 Å². The summed E-state index contributed by atoms with van der Waals surface area (Å²) >= 11 is 0. The molecule has 4 heteroatoms. The molecule has 2 aromatic rings.